The van der Waals surface area contributed by atoms with Gasteiger partial charge in [-0.05, 0) is 63.5 Å². The Morgan fingerprint density at radius 2 is 1.68 bits per heavy atom. The van der Waals surface area contributed by atoms with Crippen molar-refractivity contribution in [2.24, 2.45) is 0 Å². The minimum Gasteiger partial charge on any atom is -0.325 e. The predicted molar refractivity (Wildman–Crippen MR) is 129 cm³/mol. The van der Waals surface area contributed by atoms with Gasteiger partial charge in [-0.2, -0.15) is 31.3 Å². The lowest BCUT2D eigenvalue weighted by Crippen LogP contribution is -2.30. The molecule has 1 amide bonds. The molecule has 3 rings (SSSR count). The van der Waals surface area contributed by atoms with E-state index in [0.29, 0.717) is 36.5 Å². The first-order valence-corrected chi connectivity index (χ1v) is 12.9. The molecule has 1 aliphatic carbocycles. The van der Waals surface area contributed by atoms with Crippen molar-refractivity contribution < 1.29 is 31.1 Å². The summed E-state index contributed by atoms with van der Waals surface area (Å²) >= 11 is 0.942. The number of carbonyl (C=O) groups is 1. The van der Waals surface area contributed by atoms with Gasteiger partial charge in [-0.15, -0.1) is 0 Å². The number of benzene rings is 1. The van der Waals surface area contributed by atoms with Crippen LogP contribution in [0.5, 0.6) is 0 Å². The largest absolute Gasteiger partial charge is 0.416 e. The summed E-state index contributed by atoms with van der Waals surface area (Å²) in [5.74, 6) is -1.14. The Kier molecular flexibility index (Phi) is 9.32. The molecule has 0 atom stereocenters. The number of hydrogen-bond acceptors (Lipinski definition) is 5. The summed E-state index contributed by atoms with van der Waals surface area (Å²) in [5.41, 5.74) is -2.36. The smallest absolute Gasteiger partial charge is 0.325 e. The lowest BCUT2D eigenvalue weighted by atomic mass is 10.1. The summed E-state index contributed by atoms with van der Waals surface area (Å²) in [6, 6.07) is 0.898. The third-order valence-electron chi connectivity index (χ3n) is 6.16. The van der Waals surface area contributed by atoms with Gasteiger partial charge in [-0.3, -0.25) is 9.36 Å². The number of alkyl halides is 6. The van der Waals surface area contributed by atoms with E-state index in [1.54, 1.807) is 4.57 Å². The standard InChI is InChI=1S/C24H28F6N4O2S/c1-3-33(4-2)9-6-10-34-19-8-5-7-18(19)21(32-22(34)36)37-14-20(35)31-17-12-15(23(25,26)27)11-16(13-17)24(28,29)30/h11-13H,3-10,14H2,1-2H3,(H,31,35). The molecule has 204 valence electrons. The molecule has 37 heavy (non-hydrogen) atoms. The van der Waals surface area contributed by atoms with Crippen LogP contribution in [0.2, 0.25) is 0 Å². The molecule has 0 spiro atoms. The molecule has 0 saturated carbocycles. The first-order chi connectivity index (χ1) is 17.3. The van der Waals surface area contributed by atoms with Gasteiger partial charge >= 0.3 is 18.0 Å². The number of nitrogens with zero attached hydrogens (tertiary/aromatic N) is 3. The Balaban J connectivity index is 1.72. The maximum atomic E-state index is 13.1. The highest BCUT2D eigenvalue weighted by molar-refractivity contribution is 8.00. The fraction of sp³-hybridized carbons (Fsp3) is 0.542. The van der Waals surface area contributed by atoms with Crippen LogP contribution in [0.4, 0.5) is 32.0 Å². The van der Waals surface area contributed by atoms with Crippen LogP contribution in [0, 0.1) is 0 Å². The van der Waals surface area contributed by atoms with Crippen molar-refractivity contribution in [3.8, 4) is 0 Å². The maximum Gasteiger partial charge on any atom is 0.416 e. The number of fused-ring (bicyclic) bond motifs is 1. The number of carbonyl (C=O) groups excluding carboxylic acids is 1. The number of hydrogen-bond donors (Lipinski definition) is 1. The summed E-state index contributed by atoms with van der Waals surface area (Å²) in [7, 11) is 0. The van der Waals surface area contributed by atoms with Gasteiger partial charge in [0.1, 0.15) is 5.03 Å². The minimum atomic E-state index is -5.02. The second kappa shape index (κ2) is 11.9. The third-order valence-corrected chi connectivity index (χ3v) is 7.18. The van der Waals surface area contributed by atoms with Crippen molar-refractivity contribution in [2.75, 3.05) is 30.7 Å². The highest BCUT2D eigenvalue weighted by atomic mass is 32.2. The van der Waals surface area contributed by atoms with Crippen molar-refractivity contribution in [3.63, 3.8) is 0 Å². The molecular formula is C24H28F6N4O2S. The van der Waals surface area contributed by atoms with E-state index in [9.17, 15) is 35.9 Å². The number of rotatable bonds is 10. The van der Waals surface area contributed by atoms with E-state index < -0.39 is 40.8 Å². The molecule has 2 aromatic rings. The van der Waals surface area contributed by atoms with Gasteiger partial charge in [0.25, 0.3) is 0 Å². The Labute approximate surface area is 214 Å². The van der Waals surface area contributed by atoms with Crippen molar-refractivity contribution in [3.05, 3.63) is 51.1 Å². The SMILES string of the molecule is CCN(CC)CCCn1c2c(c(SCC(=O)Nc3cc(C(F)(F)F)cc(C(F)(F)F)c3)nc1=O)CCC2. The first kappa shape index (κ1) is 29.0. The maximum absolute atomic E-state index is 13.1. The fourth-order valence-corrected chi connectivity index (χ4v) is 5.16. The van der Waals surface area contributed by atoms with Crippen LogP contribution in [0.15, 0.2) is 28.0 Å². The lowest BCUT2D eigenvalue weighted by Gasteiger charge is -2.19. The Morgan fingerprint density at radius 1 is 1.05 bits per heavy atom. The predicted octanol–water partition coefficient (Wildman–Crippen LogP) is 5.23. The number of halogens is 6. The first-order valence-electron chi connectivity index (χ1n) is 11.9. The monoisotopic (exact) mass is 550 g/mol. The summed E-state index contributed by atoms with van der Waals surface area (Å²) in [5, 5.41) is 2.47. The van der Waals surface area contributed by atoms with Crippen LogP contribution in [-0.4, -0.2) is 45.7 Å². The summed E-state index contributed by atoms with van der Waals surface area (Å²) in [6.45, 7) is 7.33. The zero-order valence-electron chi connectivity index (χ0n) is 20.4. The lowest BCUT2D eigenvalue weighted by molar-refractivity contribution is -0.143. The van der Waals surface area contributed by atoms with Crippen LogP contribution in [0.25, 0.3) is 0 Å². The molecule has 6 nitrogen and oxygen atoms in total. The van der Waals surface area contributed by atoms with E-state index in [0.717, 1.165) is 55.5 Å². The zero-order chi connectivity index (χ0) is 27.4. The molecule has 1 heterocycles. The molecule has 0 saturated heterocycles. The van der Waals surface area contributed by atoms with E-state index in [4.69, 9.17) is 0 Å². The summed E-state index contributed by atoms with van der Waals surface area (Å²) in [4.78, 5) is 31.5. The van der Waals surface area contributed by atoms with Gasteiger partial charge in [0.2, 0.25) is 5.91 Å². The number of nitrogens with one attached hydrogen (secondary N) is 1. The summed E-state index contributed by atoms with van der Waals surface area (Å²) < 4.78 is 80.1. The van der Waals surface area contributed by atoms with Gasteiger partial charge in [0, 0.05) is 23.5 Å². The van der Waals surface area contributed by atoms with E-state index in [1.165, 1.54) is 0 Å². The molecule has 0 unspecified atom stereocenters. The van der Waals surface area contributed by atoms with Gasteiger partial charge in [0.15, 0.2) is 0 Å². The van der Waals surface area contributed by atoms with Gasteiger partial charge in [0.05, 0.1) is 16.9 Å². The minimum absolute atomic E-state index is 0.00530. The molecule has 1 aliphatic rings. The number of aromatic nitrogens is 2. The molecule has 0 aliphatic heterocycles. The van der Waals surface area contributed by atoms with Crippen LogP contribution >= 0.6 is 11.8 Å². The van der Waals surface area contributed by atoms with Crippen molar-refractivity contribution >= 4 is 23.4 Å². The quantitative estimate of drug-likeness (QED) is 0.249. The van der Waals surface area contributed by atoms with Gasteiger partial charge in [-0.1, -0.05) is 25.6 Å². The average molecular weight is 551 g/mol. The van der Waals surface area contributed by atoms with Crippen LogP contribution in [0.3, 0.4) is 0 Å². The normalized spacial score (nSPS) is 13.8. The Bertz CT molecular complexity index is 1140. The number of anilines is 1. The molecular weight excluding hydrogens is 522 g/mol. The molecule has 1 aromatic heterocycles. The second-order valence-corrected chi connectivity index (χ2v) is 9.61. The van der Waals surface area contributed by atoms with E-state index in [-0.39, 0.29) is 11.8 Å². The zero-order valence-corrected chi connectivity index (χ0v) is 21.2. The van der Waals surface area contributed by atoms with Crippen LogP contribution in [-0.2, 0) is 36.5 Å². The Hall–Kier alpha value is -2.54. The highest BCUT2D eigenvalue weighted by Gasteiger charge is 2.37. The van der Waals surface area contributed by atoms with Crippen molar-refractivity contribution in [1.82, 2.24) is 14.5 Å². The molecule has 1 N–H and O–H groups in total. The van der Waals surface area contributed by atoms with Crippen molar-refractivity contribution in [2.45, 2.75) is 63.5 Å². The van der Waals surface area contributed by atoms with Gasteiger partial charge in [-0.25, -0.2) is 4.79 Å². The Morgan fingerprint density at radius 3 is 2.24 bits per heavy atom. The topological polar surface area (TPSA) is 67.2 Å². The third kappa shape index (κ3) is 7.50. The molecule has 0 radical (unpaired) electrons. The van der Waals surface area contributed by atoms with E-state index >= 15 is 0 Å². The highest BCUT2D eigenvalue weighted by Crippen LogP contribution is 2.37. The molecule has 0 fully saturated rings. The van der Waals surface area contributed by atoms with E-state index in [1.807, 2.05) is 0 Å². The number of amides is 1. The van der Waals surface area contributed by atoms with E-state index in [2.05, 4.69) is 29.0 Å². The molecule has 1 aromatic carbocycles. The van der Waals surface area contributed by atoms with Crippen molar-refractivity contribution in [1.29, 1.82) is 0 Å². The summed E-state index contributed by atoms with van der Waals surface area (Å²) in [6.07, 6.45) is -7.07. The average Bonchev–Trinajstić information content (AvgIpc) is 3.30. The molecule has 0 bridgehead atoms. The fourth-order valence-electron chi connectivity index (χ4n) is 4.29. The number of thioether (sulfide) groups is 1. The molecule has 13 heteroatoms. The van der Waals surface area contributed by atoms with Crippen LogP contribution < -0.4 is 11.0 Å². The van der Waals surface area contributed by atoms with Gasteiger partial charge < -0.3 is 10.2 Å². The van der Waals surface area contributed by atoms with Crippen LogP contribution in [0.1, 0.15) is 49.1 Å². The second-order valence-electron chi connectivity index (χ2n) is 8.64.